The molecule has 1 aliphatic rings. The van der Waals surface area contributed by atoms with E-state index >= 15 is 0 Å². The van der Waals surface area contributed by atoms with Gasteiger partial charge in [-0.1, -0.05) is 6.92 Å². The van der Waals surface area contributed by atoms with E-state index in [-0.39, 0.29) is 12.0 Å². The molecule has 0 radical (unpaired) electrons. The van der Waals surface area contributed by atoms with Gasteiger partial charge in [-0.2, -0.15) is 10.2 Å². The van der Waals surface area contributed by atoms with E-state index in [2.05, 4.69) is 42.5 Å². The molecule has 0 aromatic carbocycles. The standard InChI is InChI=1S/C16H25N7O2/c1-4-5-13-17-16(22-21-13)12-8-23(6-7-25-12)9-14(24)18-15-10(2)19-20-11(15)3/h12H,4-9H2,1-3H3,(H,18,24)(H,19,20)(H,17,21,22)/t12-/m0/s1. The maximum Gasteiger partial charge on any atom is 0.238 e. The van der Waals surface area contributed by atoms with Crippen molar-refractivity contribution >= 4 is 11.6 Å². The Labute approximate surface area is 146 Å². The molecular formula is C16H25N7O2. The lowest BCUT2D eigenvalue weighted by molar-refractivity contribution is -0.119. The lowest BCUT2D eigenvalue weighted by atomic mass is 10.2. The van der Waals surface area contributed by atoms with E-state index in [1.807, 2.05) is 13.8 Å². The summed E-state index contributed by atoms with van der Waals surface area (Å²) in [5.41, 5.74) is 2.40. The first-order valence-corrected chi connectivity index (χ1v) is 8.63. The highest BCUT2D eigenvalue weighted by Crippen LogP contribution is 2.20. The van der Waals surface area contributed by atoms with Crippen molar-refractivity contribution in [1.82, 2.24) is 30.3 Å². The highest BCUT2D eigenvalue weighted by atomic mass is 16.5. The third-order valence-electron chi connectivity index (χ3n) is 4.23. The zero-order valence-electron chi connectivity index (χ0n) is 14.9. The molecule has 1 saturated heterocycles. The molecule has 3 heterocycles. The van der Waals surface area contributed by atoms with Crippen LogP contribution in [-0.4, -0.2) is 62.4 Å². The lowest BCUT2D eigenvalue weighted by Crippen LogP contribution is -2.42. The normalized spacial score (nSPS) is 18.4. The van der Waals surface area contributed by atoms with E-state index in [1.165, 1.54) is 0 Å². The second-order valence-corrected chi connectivity index (χ2v) is 6.34. The fraction of sp³-hybridized carbons (Fsp3) is 0.625. The molecule has 2 aromatic rings. The maximum atomic E-state index is 12.3. The Bertz CT molecular complexity index is 704. The van der Waals surface area contributed by atoms with E-state index < -0.39 is 0 Å². The van der Waals surface area contributed by atoms with Gasteiger partial charge in [0.1, 0.15) is 11.9 Å². The Morgan fingerprint density at radius 2 is 2.20 bits per heavy atom. The van der Waals surface area contributed by atoms with Crippen LogP contribution in [0.25, 0.3) is 0 Å². The number of aryl methyl sites for hydroxylation is 3. The van der Waals surface area contributed by atoms with Gasteiger partial charge in [0.15, 0.2) is 5.82 Å². The molecular weight excluding hydrogens is 322 g/mol. The summed E-state index contributed by atoms with van der Waals surface area (Å²) in [5, 5.41) is 17.1. The second kappa shape index (κ2) is 7.75. The number of ether oxygens (including phenoxy) is 1. The number of carbonyl (C=O) groups excluding carboxylic acids is 1. The number of anilines is 1. The summed E-state index contributed by atoms with van der Waals surface area (Å²) in [7, 11) is 0. The molecule has 1 aliphatic heterocycles. The van der Waals surface area contributed by atoms with Crippen molar-refractivity contribution in [2.75, 3.05) is 31.6 Å². The van der Waals surface area contributed by atoms with Crippen LogP contribution >= 0.6 is 0 Å². The molecule has 9 nitrogen and oxygen atoms in total. The molecule has 0 spiro atoms. The highest BCUT2D eigenvalue weighted by Gasteiger charge is 2.26. The van der Waals surface area contributed by atoms with Gasteiger partial charge in [0, 0.05) is 19.5 Å². The molecule has 0 aliphatic carbocycles. The summed E-state index contributed by atoms with van der Waals surface area (Å²) in [5.74, 6) is 1.48. The van der Waals surface area contributed by atoms with Gasteiger partial charge in [-0.15, -0.1) is 0 Å². The summed E-state index contributed by atoms with van der Waals surface area (Å²) in [4.78, 5) is 18.9. The summed E-state index contributed by atoms with van der Waals surface area (Å²) < 4.78 is 5.78. The Morgan fingerprint density at radius 3 is 2.92 bits per heavy atom. The average molecular weight is 347 g/mol. The average Bonchev–Trinajstić information content (AvgIpc) is 3.18. The third kappa shape index (κ3) is 4.23. The van der Waals surface area contributed by atoms with E-state index in [0.717, 1.165) is 35.7 Å². The van der Waals surface area contributed by atoms with Crippen LogP contribution in [0.15, 0.2) is 0 Å². The molecule has 3 rings (SSSR count). The number of nitrogens with one attached hydrogen (secondary N) is 3. The number of aromatic amines is 2. The Kier molecular flexibility index (Phi) is 5.44. The van der Waals surface area contributed by atoms with E-state index in [9.17, 15) is 4.79 Å². The first-order valence-electron chi connectivity index (χ1n) is 8.63. The largest absolute Gasteiger partial charge is 0.367 e. The summed E-state index contributed by atoms with van der Waals surface area (Å²) >= 11 is 0. The first-order chi connectivity index (χ1) is 12.1. The van der Waals surface area contributed by atoms with Crippen LogP contribution in [0, 0.1) is 13.8 Å². The zero-order valence-corrected chi connectivity index (χ0v) is 14.9. The Balaban J connectivity index is 1.56. The van der Waals surface area contributed by atoms with Crippen LogP contribution in [0.5, 0.6) is 0 Å². The van der Waals surface area contributed by atoms with Crippen LogP contribution in [0.1, 0.15) is 42.5 Å². The molecule has 25 heavy (non-hydrogen) atoms. The number of amides is 1. The molecule has 1 fully saturated rings. The minimum atomic E-state index is -0.208. The highest BCUT2D eigenvalue weighted by molar-refractivity contribution is 5.93. The van der Waals surface area contributed by atoms with Crippen molar-refractivity contribution in [3.8, 4) is 0 Å². The monoisotopic (exact) mass is 347 g/mol. The molecule has 1 atom stereocenters. The predicted octanol–water partition coefficient (Wildman–Crippen LogP) is 1.11. The molecule has 136 valence electrons. The number of aromatic nitrogens is 5. The van der Waals surface area contributed by atoms with Crippen LogP contribution < -0.4 is 5.32 Å². The molecule has 0 saturated carbocycles. The third-order valence-corrected chi connectivity index (χ3v) is 4.23. The number of H-pyrrole nitrogens is 2. The number of hydrogen-bond donors (Lipinski definition) is 3. The first kappa shape index (κ1) is 17.6. The summed E-state index contributed by atoms with van der Waals surface area (Å²) in [6.07, 6.45) is 1.68. The predicted molar refractivity (Wildman–Crippen MR) is 92.2 cm³/mol. The van der Waals surface area contributed by atoms with Crippen molar-refractivity contribution in [3.63, 3.8) is 0 Å². The molecule has 3 N–H and O–H groups in total. The van der Waals surface area contributed by atoms with E-state index in [4.69, 9.17) is 4.74 Å². The lowest BCUT2D eigenvalue weighted by Gasteiger charge is -2.30. The Morgan fingerprint density at radius 1 is 1.36 bits per heavy atom. The van der Waals surface area contributed by atoms with Gasteiger partial charge in [-0.3, -0.25) is 19.9 Å². The molecule has 0 bridgehead atoms. The minimum Gasteiger partial charge on any atom is -0.367 e. The van der Waals surface area contributed by atoms with Crippen molar-refractivity contribution in [1.29, 1.82) is 0 Å². The summed E-state index contributed by atoms with van der Waals surface area (Å²) in [6.45, 7) is 8.01. The Hall–Kier alpha value is -2.26. The second-order valence-electron chi connectivity index (χ2n) is 6.34. The van der Waals surface area contributed by atoms with Crippen LogP contribution in [0.2, 0.25) is 0 Å². The van der Waals surface area contributed by atoms with Gasteiger partial charge < -0.3 is 10.1 Å². The molecule has 2 aromatic heterocycles. The fourth-order valence-corrected chi connectivity index (χ4v) is 2.92. The van der Waals surface area contributed by atoms with Gasteiger partial charge in [0.05, 0.1) is 30.2 Å². The van der Waals surface area contributed by atoms with Crippen LogP contribution in [-0.2, 0) is 16.0 Å². The number of morpholine rings is 1. The van der Waals surface area contributed by atoms with Crippen LogP contribution in [0.4, 0.5) is 5.69 Å². The van der Waals surface area contributed by atoms with Gasteiger partial charge in [-0.25, -0.2) is 4.98 Å². The smallest absolute Gasteiger partial charge is 0.238 e. The molecule has 9 heteroatoms. The minimum absolute atomic E-state index is 0.0603. The van der Waals surface area contributed by atoms with Gasteiger partial charge in [0.2, 0.25) is 5.91 Å². The van der Waals surface area contributed by atoms with Crippen molar-refractivity contribution < 1.29 is 9.53 Å². The fourth-order valence-electron chi connectivity index (χ4n) is 2.92. The topological polar surface area (TPSA) is 112 Å². The van der Waals surface area contributed by atoms with Crippen molar-refractivity contribution in [2.45, 2.75) is 39.7 Å². The van der Waals surface area contributed by atoms with E-state index in [1.54, 1.807) is 0 Å². The number of nitrogens with zero attached hydrogens (tertiary/aromatic N) is 4. The SMILES string of the molecule is CCCc1nc([C@@H]2CN(CC(=O)Nc3c(C)n[nH]c3C)CCO2)n[nH]1. The van der Waals surface area contributed by atoms with Gasteiger partial charge in [0.25, 0.3) is 0 Å². The number of rotatable bonds is 6. The van der Waals surface area contributed by atoms with E-state index in [0.29, 0.717) is 32.1 Å². The molecule has 1 amide bonds. The number of carbonyl (C=O) groups is 1. The van der Waals surface area contributed by atoms with Crippen molar-refractivity contribution in [3.05, 3.63) is 23.0 Å². The summed E-state index contributed by atoms with van der Waals surface area (Å²) in [6, 6.07) is 0. The maximum absolute atomic E-state index is 12.3. The quantitative estimate of drug-likeness (QED) is 0.722. The van der Waals surface area contributed by atoms with Crippen LogP contribution in [0.3, 0.4) is 0 Å². The number of hydrogen-bond acceptors (Lipinski definition) is 6. The molecule has 0 unspecified atom stereocenters. The van der Waals surface area contributed by atoms with Gasteiger partial charge >= 0.3 is 0 Å². The zero-order chi connectivity index (χ0) is 17.8. The van der Waals surface area contributed by atoms with Gasteiger partial charge in [-0.05, 0) is 20.3 Å². The van der Waals surface area contributed by atoms with Crippen molar-refractivity contribution in [2.24, 2.45) is 0 Å².